The first-order valence-electron chi connectivity index (χ1n) is 4.03. The Labute approximate surface area is 85.5 Å². The molecule has 0 aromatic heterocycles. The van der Waals surface area contributed by atoms with Gasteiger partial charge in [0, 0.05) is 5.53 Å². The van der Waals surface area contributed by atoms with Crippen LogP contribution in [0, 0.1) is 20.8 Å². The van der Waals surface area contributed by atoms with Gasteiger partial charge in [0.25, 0.3) is 0 Å². The highest BCUT2D eigenvalue weighted by molar-refractivity contribution is 4.15. The topological polar surface area (TPSA) is 140 Å². The van der Waals surface area contributed by atoms with Gasteiger partial charge in [-0.2, -0.15) is 14.8 Å². The summed E-state index contributed by atoms with van der Waals surface area (Å²) in [5.41, 5.74) is 1.83. The van der Waals surface area contributed by atoms with E-state index in [2.05, 4.69) is 9.68 Å². The Kier molecular flexibility index (Phi) is 7.57. The van der Waals surface area contributed by atoms with Gasteiger partial charge in [-0.3, -0.25) is 0 Å². The molecule has 0 saturated carbocycles. The summed E-state index contributed by atoms with van der Waals surface area (Å²) in [5, 5.41) is 39.1. The summed E-state index contributed by atoms with van der Waals surface area (Å²) in [4.78, 5) is 8.55. The van der Waals surface area contributed by atoms with Crippen molar-refractivity contribution in [3.05, 3.63) is 20.8 Å². The molecule has 0 bridgehead atoms. The summed E-state index contributed by atoms with van der Waals surface area (Å²) in [7, 11) is 2.21. The highest BCUT2D eigenvalue weighted by atomic mass is 17.0. The van der Waals surface area contributed by atoms with Gasteiger partial charge >= 0.3 is 0 Å². The van der Waals surface area contributed by atoms with Crippen LogP contribution in [0.5, 0.6) is 0 Å². The average Bonchev–Trinajstić information content (AvgIpc) is 2.15. The first kappa shape index (κ1) is 14.6. The molecule has 0 aliphatic heterocycles. The molecule has 5 N–H and O–H groups in total. The number of hydrogen-bond donors (Lipinski definition) is 5. The van der Waals surface area contributed by atoms with Crippen LogP contribution in [0.1, 0.15) is 0 Å². The summed E-state index contributed by atoms with van der Waals surface area (Å²) < 4.78 is 0. The first-order chi connectivity index (χ1) is 6.97. The lowest BCUT2D eigenvalue weighted by atomic mass is 10.7. The van der Waals surface area contributed by atoms with Gasteiger partial charge in [-0.15, -0.1) is 5.34 Å². The van der Waals surface area contributed by atoms with Crippen molar-refractivity contribution in [3.8, 4) is 0 Å². The fourth-order valence-electron chi connectivity index (χ4n) is 0.632. The molecule has 0 fully saturated rings. The summed E-state index contributed by atoms with van der Waals surface area (Å²) in [5.74, 6) is 0. The molecule has 0 heterocycles. The Bertz CT molecular complexity index is 160. The summed E-state index contributed by atoms with van der Waals surface area (Å²) in [6, 6.07) is 0. The Morgan fingerprint density at radius 2 is 1.80 bits per heavy atom. The van der Waals surface area contributed by atoms with Crippen molar-refractivity contribution in [2.75, 3.05) is 27.3 Å². The molecule has 0 aromatic carbocycles. The van der Waals surface area contributed by atoms with Crippen LogP contribution in [0.15, 0.2) is 0 Å². The highest BCUT2D eigenvalue weighted by Crippen LogP contribution is 1.50. The van der Waals surface area contributed by atoms with Crippen molar-refractivity contribution in [2.24, 2.45) is 0 Å². The van der Waals surface area contributed by atoms with E-state index >= 15 is 0 Å². The summed E-state index contributed by atoms with van der Waals surface area (Å²) in [6.07, 6.45) is 0. The molecule has 4 unspecified atom stereocenters. The van der Waals surface area contributed by atoms with Crippen LogP contribution in [0.25, 0.3) is 0 Å². The van der Waals surface area contributed by atoms with Crippen molar-refractivity contribution >= 4 is 0 Å². The van der Waals surface area contributed by atoms with Crippen LogP contribution in [-0.2, 0) is 9.68 Å². The Hall–Kier alpha value is -0.440. The molecule has 4 atom stereocenters. The van der Waals surface area contributed by atoms with E-state index in [4.69, 9.17) is 0 Å². The van der Waals surface area contributed by atoms with Gasteiger partial charge in [0.2, 0.25) is 0 Å². The van der Waals surface area contributed by atoms with Gasteiger partial charge in [0.15, 0.2) is 13.2 Å². The normalized spacial score (nSPS) is 19.6. The summed E-state index contributed by atoms with van der Waals surface area (Å²) in [6.45, 7) is -0.564. The largest absolute Gasteiger partial charge is 0.609 e. The molecule has 0 amide bonds. The molecule has 11 heteroatoms. The lowest BCUT2D eigenvalue weighted by Gasteiger charge is -2.29. The minimum atomic E-state index is -0.995. The summed E-state index contributed by atoms with van der Waals surface area (Å²) >= 11 is 0. The van der Waals surface area contributed by atoms with Gasteiger partial charge in [-0.25, -0.2) is 5.17 Å². The number of quaternary nitrogens is 4. The van der Waals surface area contributed by atoms with E-state index in [1.54, 1.807) is 0 Å². The van der Waals surface area contributed by atoms with Gasteiger partial charge < -0.3 is 20.8 Å². The van der Waals surface area contributed by atoms with E-state index in [-0.39, 0.29) is 13.2 Å². The van der Waals surface area contributed by atoms with Crippen molar-refractivity contribution in [3.63, 3.8) is 0 Å². The number of nitrogens with one attached hydrogen (secondary N) is 5. The van der Waals surface area contributed by atoms with Crippen molar-refractivity contribution in [1.29, 1.82) is 0 Å². The van der Waals surface area contributed by atoms with Crippen LogP contribution in [0.4, 0.5) is 0 Å². The van der Waals surface area contributed by atoms with Crippen LogP contribution < -0.4 is 26.6 Å². The SMILES string of the molecule is CO[NH+]([O-])[NH+]([O-])CCO[NH+]([O-])N[NH+](C)[O-]. The standard InChI is InChI=1S/C4H15N5O6/c1-6(10)5-8(12)15-4-3-7(11)9(13)14-2/h5-9H,3-4H2,1-2H3. The van der Waals surface area contributed by atoms with Gasteiger partial charge in [0.05, 0.1) is 7.05 Å². The predicted octanol–water partition coefficient (Wildman–Crippen LogP) is -7.03. The molecular formula is C4H15N5O6. The zero-order chi connectivity index (χ0) is 11.8. The first-order valence-corrected chi connectivity index (χ1v) is 4.03. The van der Waals surface area contributed by atoms with Gasteiger partial charge in [0.1, 0.15) is 7.11 Å². The average molecular weight is 229 g/mol. The lowest BCUT2D eigenvalue weighted by Crippen LogP contribution is -3.55. The monoisotopic (exact) mass is 229 g/mol. The van der Waals surface area contributed by atoms with Crippen LogP contribution in [0.2, 0.25) is 0 Å². The molecule has 0 saturated heterocycles. The molecular weight excluding hydrogens is 214 g/mol. The third kappa shape index (κ3) is 7.48. The second-order valence-electron chi connectivity index (χ2n) is 2.48. The van der Waals surface area contributed by atoms with E-state index in [0.29, 0.717) is 0 Å². The minimum Gasteiger partial charge on any atom is -0.609 e. The number of hydroxylamine groups is 2. The smallest absolute Gasteiger partial charge is 0.163 e. The molecule has 15 heavy (non-hydrogen) atoms. The Balaban J connectivity index is 3.52. The number of rotatable bonds is 8. The molecule has 11 nitrogen and oxygen atoms in total. The third-order valence-corrected chi connectivity index (χ3v) is 1.25. The molecule has 0 aliphatic carbocycles. The molecule has 0 rings (SSSR count). The predicted molar refractivity (Wildman–Crippen MR) is 44.2 cm³/mol. The van der Waals surface area contributed by atoms with Gasteiger partial charge in [-0.1, -0.05) is 5.34 Å². The quantitative estimate of drug-likeness (QED) is 0.260. The van der Waals surface area contributed by atoms with Crippen molar-refractivity contribution in [2.45, 2.75) is 0 Å². The van der Waals surface area contributed by atoms with Crippen molar-refractivity contribution in [1.82, 2.24) is 5.53 Å². The van der Waals surface area contributed by atoms with Gasteiger partial charge in [-0.05, 0) is 0 Å². The molecule has 0 aromatic rings. The molecule has 92 valence electrons. The maximum atomic E-state index is 10.8. The number of hydrogen-bond acceptors (Lipinski definition) is 7. The Morgan fingerprint density at radius 3 is 2.27 bits per heavy atom. The van der Waals surface area contributed by atoms with E-state index < -0.39 is 21.0 Å². The maximum absolute atomic E-state index is 10.8. The molecule has 0 radical (unpaired) electrons. The van der Waals surface area contributed by atoms with E-state index in [9.17, 15) is 20.8 Å². The fraction of sp³-hybridized carbons (Fsp3) is 1.00. The zero-order valence-corrected chi connectivity index (χ0v) is 8.36. The van der Waals surface area contributed by atoms with E-state index in [0.717, 1.165) is 14.2 Å². The third-order valence-electron chi connectivity index (χ3n) is 1.25. The van der Waals surface area contributed by atoms with E-state index in [1.165, 1.54) is 0 Å². The van der Waals surface area contributed by atoms with Crippen molar-refractivity contribution < 1.29 is 30.7 Å². The second-order valence-corrected chi connectivity index (χ2v) is 2.48. The zero-order valence-electron chi connectivity index (χ0n) is 8.36. The van der Waals surface area contributed by atoms with E-state index in [1.807, 2.05) is 5.53 Å². The maximum Gasteiger partial charge on any atom is 0.163 e. The second kappa shape index (κ2) is 7.80. The molecule has 0 spiro atoms. The van der Waals surface area contributed by atoms with Crippen LogP contribution in [-0.4, -0.2) is 27.3 Å². The lowest BCUT2D eigenvalue weighted by molar-refractivity contribution is -1.54. The highest BCUT2D eigenvalue weighted by Gasteiger charge is 2.07. The molecule has 0 aliphatic rings. The minimum absolute atomic E-state index is 0.280. The van der Waals surface area contributed by atoms with Crippen LogP contribution >= 0.6 is 0 Å². The fourth-order valence-corrected chi connectivity index (χ4v) is 0.632. The Morgan fingerprint density at radius 1 is 1.20 bits per heavy atom. The van der Waals surface area contributed by atoms with Crippen LogP contribution in [0.3, 0.4) is 0 Å².